The van der Waals surface area contributed by atoms with Crippen LogP contribution in [0.15, 0.2) is 42.5 Å². The summed E-state index contributed by atoms with van der Waals surface area (Å²) in [7, 11) is 1.83. The first-order valence-electron chi connectivity index (χ1n) is 10.2. The van der Waals surface area contributed by atoms with Crippen LogP contribution in [0.1, 0.15) is 28.2 Å². The summed E-state index contributed by atoms with van der Waals surface area (Å²) in [4.78, 5) is 17.2. The zero-order valence-electron chi connectivity index (χ0n) is 16.6. The Hall–Kier alpha value is -3.22. The molecule has 1 fully saturated rings. The van der Waals surface area contributed by atoms with E-state index < -0.39 is 0 Å². The molecule has 0 atom stereocenters. The Morgan fingerprint density at radius 1 is 0.966 bits per heavy atom. The van der Waals surface area contributed by atoms with Gasteiger partial charge in [0.05, 0.1) is 11.4 Å². The highest BCUT2D eigenvalue weighted by atomic mass is 16.2. The van der Waals surface area contributed by atoms with Crippen LogP contribution in [0.2, 0.25) is 0 Å². The molecule has 1 saturated heterocycles. The molecule has 0 bridgehead atoms. The van der Waals surface area contributed by atoms with Crippen LogP contribution in [0.25, 0.3) is 11.3 Å². The number of anilines is 1. The highest BCUT2D eigenvalue weighted by molar-refractivity contribution is 5.94. The van der Waals surface area contributed by atoms with E-state index in [9.17, 15) is 4.79 Å². The van der Waals surface area contributed by atoms with Gasteiger partial charge in [0.25, 0.3) is 5.91 Å². The third kappa shape index (κ3) is 3.37. The Morgan fingerprint density at radius 2 is 1.76 bits per heavy atom. The molecule has 7 nitrogen and oxygen atoms in total. The zero-order chi connectivity index (χ0) is 19.8. The van der Waals surface area contributed by atoms with Gasteiger partial charge in [-0.25, -0.2) is 0 Å². The number of nitrogens with zero attached hydrogens (tertiary/aromatic N) is 6. The SMILES string of the molecule is Cn1nc(-c2ccccc2)cc1C(=O)N1CCN(c2cc3c(nn2)CCC3)CC1. The van der Waals surface area contributed by atoms with Gasteiger partial charge in [-0.05, 0) is 37.0 Å². The molecule has 2 aliphatic rings. The van der Waals surface area contributed by atoms with Crippen LogP contribution in [0, 0.1) is 0 Å². The van der Waals surface area contributed by atoms with E-state index in [2.05, 4.69) is 26.3 Å². The summed E-state index contributed by atoms with van der Waals surface area (Å²) in [5.41, 5.74) is 4.94. The molecule has 3 aromatic rings. The smallest absolute Gasteiger partial charge is 0.272 e. The lowest BCUT2D eigenvalue weighted by Gasteiger charge is -2.35. The second-order valence-electron chi connectivity index (χ2n) is 7.71. The van der Waals surface area contributed by atoms with Gasteiger partial charge in [0.2, 0.25) is 0 Å². The highest BCUT2D eigenvalue weighted by Gasteiger charge is 2.26. The van der Waals surface area contributed by atoms with Crippen molar-refractivity contribution in [2.24, 2.45) is 7.05 Å². The van der Waals surface area contributed by atoms with Crippen molar-refractivity contribution in [3.05, 3.63) is 59.4 Å². The molecule has 0 saturated carbocycles. The predicted molar refractivity (Wildman–Crippen MR) is 111 cm³/mol. The Labute approximate surface area is 170 Å². The van der Waals surface area contributed by atoms with Crippen LogP contribution in [0.4, 0.5) is 5.82 Å². The normalized spacial score (nSPS) is 16.2. The topological polar surface area (TPSA) is 67.2 Å². The zero-order valence-corrected chi connectivity index (χ0v) is 16.6. The van der Waals surface area contributed by atoms with E-state index in [0.29, 0.717) is 18.8 Å². The van der Waals surface area contributed by atoms with Crippen LogP contribution in [-0.4, -0.2) is 57.0 Å². The summed E-state index contributed by atoms with van der Waals surface area (Å²) in [5.74, 6) is 0.964. The van der Waals surface area contributed by atoms with E-state index in [1.54, 1.807) is 4.68 Å². The van der Waals surface area contributed by atoms with Crippen molar-refractivity contribution in [2.45, 2.75) is 19.3 Å². The maximum atomic E-state index is 13.1. The van der Waals surface area contributed by atoms with E-state index >= 15 is 0 Å². The minimum absolute atomic E-state index is 0.0295. The number of aromatic nitrogens is 4. The summed E-state index contributed by atoms with van der Waals surface area (Å²) < 4.78 is 1.68. The molecule has 29 heavy (non-hydrogen) atoms. The maximum absolute atomic E-state index is 13.1. The number of carbonyl (C=O) groups is 1. The van der Waals surface area contributed by atoms with E-state index in [0.717, 1.165) is 48.7 Å². The number of aryl methyl sites for hydroxylation is 3. The molecule has 0 radical (unpaired) electrons. The first kappa shape index (κ1) is 17.8. The monoisotopic (exact) mass is 388 g/mol. The lowest BCUT2D eigenvalue weighted by Crippen LogP contribution is -2.49. The van der Waals surface area contributed by atoms with Gasteiger partial charge in [-0.3, -0.25) is 9.48 Å². The lowest BCUT2D eigenvalue weighted by atomic mass is 10.1. The standard InChI is InChI=1S/C22H24N6O/c1-26-20(15-19(25-26)16-6-3-2-4-7-16)22(29)28-12-10-27(11-13-28)21-14-17-8-5-9-18(17)23-24-21/h2-4,6-7,14-15H,5,8-13H2,1H3. The van der Waals surface area contributed by atoms with E-state index in [-0.39, 0.29) is 5.91 Å². The summed E-state index contributed by atoms with van der Waals surface area (Å²) >= 11 is 0. The molecule has 3 heterocycles. The maximum Gasteiger partial charge on any atom is 0.272 e. The van der Waals surface area contributed by atoms with Crippen molar-refractivity contribution < 1.29 is 4.79 Å². The first-order valence-corrected chi connectivity index (χ1v) is 10.2. The Balaban J connectivity index is 1.27. The quantitative estimate of drug-likeness (QED) is 0.689. The number of hydrogen-bond donors (Lipinski definition) is 0. The molecule has 2 aromatic heterocycles. The summed E-state index contributed by atoms with van der Waals surface area (Å²) in [5, 5.41) is 13.3. The summed E-state index contributed by atoms with van der Waals surface area (Å²) in [6.45, 7) is 2.87. The van der Waals surface area contributed by atoms with Crippen molar-refractivity contribution in [1.29, 1.82) is 0 Å². The second-order valence-corrected chi connectivity index (χ2v) is 7.71. The third-order valence-corrected chi connectivity index (χ3v) is 5.87. The molecule has 1 aromatic carbocycles. The molecule has 5 rings (SSSR count). The van der Waals surface area contributed by atoms with Gasteiger partial charge in [-0.15, -0.1) is 5.10 Å². The van der Waals surface area contributed by atoms with Crippen LogP contribution in [-0.2, 0) is 19.9 Å². The highest BCUT2D eigenvalue weighted by Crippen LogP contribution is 2.24. The summed E-state index contributed by atoms with van der Waals surface area (Å²) in [6.07, 6.45) is 3.31. The van der Waals surface area contributed by atoms with E-state index in [4.69, 9.17) is 0 Å². The minimum atomic E-state index is 0.0295. The van der Waals surface area contributed by atoms with Crippen molar-refractivity contribution in [1.82, 2.24) is 24.9 Å². The predicted octanol–water partition coefficient (Wildman–Crippen LogP) is 2.33. The molecular formula is C22H24N6O. The molecule has 0 unspecified atom stereocenters. The Kier molecular flexibility index (Phi) is 4.50. The average molecular weight is 388 g/mol. The number of amides is 1. The van der Waals surface area contributed by atoms with Crippen LogP contribution < -0.4 is 4.90 Å². The summed E-state index contributed by atoms with van der Waals surface area (Å²) in [6, 6.07) is 14.0. The van der Waals surface area contributed by atoms with E-state index in [1.807, 2.05) is 48.3 Å². The van der Waals surface area contributed by atoms with Crippen molar-refractivity contribution in [2.75, 3.05) is 31.1 Å². The number of carbonyl (C=O) groups excluding carboxylic acids is 1. The van der Waals surface area contributed by atoms with Gasteiger partial charge >= 0.3 is 0 Å². The fraction of sp³-hybridized carbons (Fsp3) is 0.364. The second kappa shape index (κ2) is 7.31. The molecule has 1 amide bonds. The molecular weight excluding hydrogens is 364 g/mol. The van der Waals surface area contributed by atoms with Crippen LogP contribution >= 0.6 is 0 Å². The number of benzene rings is 1. The Bertz CT molecular complexity index is 1040. The van der Waals surface area contributed by atoms with Gasteiger partial charge in [-0.1, -0.05) is 30.3 Å². The number of rotatable bonds is 3. The van der Waals surface area contributed by atoms with Gasteiger partial charge in [0.1, 0.15) is 5.69 Å². The molecule has 1 aliphatic carbocycles. The number of hydrogen-bond acceptors (Lipinski definition) is 5. The van der Waals surface area contributed by atoms with Crippen molar-refractivity contribution in [3.63, 3.8) is 0 Å². The molecule has 7 heteroatoms. The van der Waals surface area contributed by atoms with Crippen molar-refractivity contribution >= 4 is 11.7 Å². The first-order chi connectivity index (χ1) is 14.2. The van der Waals surface area contributed by atoms with Crippen LogP contribution in [0.3, 0.4) is 0 Å². The third-order valence-electron chi connectivity index (χ3n) is 5.87. The van der Waals surface area contributed by atoms with Gasteiger partial charge in [0, 0.05) is 38.8 Å². The Morgan fingerprint density at radius 3 is 2.55 bits per heavy atom. The number of piperazine rings is 1. The van der Waals surface area contributed by atoms with Crippen LogP contribution in [0.5, 0.6) is 0 Å². The molecule has 0 spiro atoms. The van der Waals surface area contributed by atoms with E-state index in [1.165, 1.54) is 12.0 Å². The molecule has 148 valence electrons. The average Bonchev–Trinajstić information content (AvgIpc) is 3.40. The van der Waals surface area contributed by atoms with Gasteiger partial charge in [0.15, 0.2) is 5.82 Å². The van der Waals surface area contributed by atoms with Gasteiger partial charge < -0.3 is 9.80 Å². The fourth-order valence-electron chi connectivity index (χ4n) is 4.19. The largest absolute Gasteiger partial charge is 0.352 e. The van der Waals surface area contributed by atoms with Crippen molar-refractivity contribution in [3.8, 4) is 11.3 Å². The molecule has 1 aliphatic heterocycles. The van der Waals surface area contributed by atoms with Gasteiger partial charge in [-0.2, -0.15) is 10.2 Å². The minimum Gasteiger partial charge on any atom is -0.352 e. The number of fused-ring (bicyclic) bond motifs is 1. The molecule has 0 N–H and O–H groups in total. The lowest BCUT2D eigenvalue weighted by molar-refractivity contribution is 0.0735. The fourth-order valence-corrected chi connectivity index (χ4v) is 4.19.